The Kier molecular flexibility index (Phi) is 6.73. The molecule has 1 aliphatic rings. The third kappa shape index (κ3) is 4.67. The lowest BCUT2D eigenvalue weighted by Crippen LogP contribution is -2.52. The fourth-order valence-electron chi connectivity index (χ4n) is 2.79. The van der Waals surface area contributed by atoms with Crippen molar-refractivity contribution in [2.24, 2.45) is 12.8 Å². The molecule has 1 saturated carbocycles. The molecular weight excluding hydrogens is 381 g/mol. The van der Waals surface area contributed by atoms with Crippen molar-refractivity contribution < 1.29 is 4.79 Å². The molecule has 0 unspecified atom stereocenters. The van der Waals surface area contributed by atoms with E-state index in [2.05, 4.69) is 15.5 Å². The molecule has 0 aliphatic heterocycles. The molecule has 0 bridgehead atoms. The molecule has 2 aromatic rings. The number of benzene rings is 1. The molecule has 1 aromatic carbocycles. The Bertz CT molecular complexity index is 746. The van der Waals surface area contributed by atoms with Crippen LogP contribution in [-0.4, -0.2) is 26.2 Å². The van der Waals surface area contributed by atoms with Gasteiger partial charge in [-0.05, 0) is 42.8 Å². The molecule has 3 rings (SSSR count). The third-order valence-corrected chi connectivity index (χ3v) is 5.81. The van der Waals surface area contributed by atoms with Crippen molar-refractivity contribution in [3.05, 3.63) is 29.5 Å². The summed E-state index contributed by atoms with van der Waals surface area (Å²) in [6.45, 7) is 0. The summed E-state index contributed by atoms with van der Waals surface area (Å²) in [7, 11) is 1.87. The van der Waals surface area contributed by atoms with E-state index in [0.717, 1.165) is 42.2 Å². The van der Waals surface area contributed by atoms with Crippen LogP contribution in [0, 0.1) is 0 Å². The molecule has 0 radical (unpaired) electrons. The van der Waals surface area contributed by atoms with E-state index in [9.17, 15) is 4.79 Å². The molecule has 1 fully saturated rings. The van der Waals surface area contributed by atoms with Gasteiger partial charge < -0.3 is 15.6 Å². The standard InChI is InChI=1S/C16H20ClN5OS.ClH/c1-22-10-19-21-15(22)24-13-6-5-11(9-12(13)17)20-14(23)16(18)7-3-2-4-8-16;/h5-6,9-10H,2-4,7-8,18H2,1H3,(H,20,23);1H. The van der Waals surface area contributed by atoms with Gasteiger partial charge in [0.25, 0.3) is 0 Å². The highest BCUT2D eigenvalue weighted by molar-refractivity contribution is 7.99. The minimum absolute atomic E-state index is 0. The average Bonchev–Trinajstić information content (AvgIpc) is 2.96. The van der Waals surface area contributed by atoms with Crippen LogP contribution in [0.3, 0.4) is 0 Å². The van der Waals surface area contributed by atoms with Crippen LogP contribution in [0.15, 0.2) is 34.6 Å². The van der Waals surface area contributed by atoms with E-state index in [1.165, 1.54) is 11.8 Å². The number of hydrogen-bond acceptors (Lipinski definition) is 5. The second kappa shape index (κ2) is 8.40. The van der Waals surface area contributed by atoms with Gasteiger partial charge in [-0.3, -0.25) is 4.79 Å². The first-order valence-electron chi connectivity index (χ1n) is 7.90. The summed E-state index contributed by atoms with van der Waals surface area (Å²) in [5.41, 5.74) is 6.15. The van der Waals surface area contributed by atoms with Gasteiger partial charge in [0.05, 0.1) is 10.6 Å². The maximum absolute atomic E-state index is 12.5. The number of rotatable bonds is 4. The minimum Gasteiger partial charge on any atom is -0.324 e. The largest absolute Gasteiger partial charge is 0.324 e. The quantitative estimate of drug-likeness (QED) is 0.816. The van der Waals surface area contributed by atoms with Crippen LogP contribution < -0.4 is 11.1 Å². The summed E-state index contributed by atoms with van der Waals surface area (Å²) >= 11 is 7.76. The minimum atomic E-state index is -0.767. The molecule has 9 heteroatoms. The van der Waals surface area contributed by atoms with Crippen LogP contribution in [0.5, 0.6) is 0 Å². The molecule has 1 amide bonds. The first kappa shape index (κ1) is 20.0. The van der Waals surface area contributed by atoms with E-state index >= 15 is 0 Å². The van der Waals surface area contributed by atoms with E-state index in [-0.39, 0.29) is 18.3 Å². The van der Waals surface area contributed by atoms with E-state index in [1.54, 1.807) is 12.4 Å². The molecule has 0 saturated heterocycles. The molecule has 0 atom stereocenters. The topological polar surface area (TPSA) is 85.8 Å². The monoisotopic (exact) mass is 401 g/mol. The smallest absolute Gasteiger partial charge is 0.244 e. The summed E-state index contributed by atoms with van der Waals surface area (Å²) in [4.78, 5) is 13.3. The zero-order chi connectivity index (χ0) is 17.2. The van der Waals surface area contributed by atoms with Crippen molar-refractivity contribution in [2.75, 3.05) is 5.32 Å². The van der Waals surface area contributed by atoms with E-state index in [1.807, 2.05) is 23.7 Å². The summed E-state index contributed by atoms with van der Waals surface area (Å²) in [6.07, 6.45) is 6.23. The van der Waals surface area contributed by atoms with Gasteiger partial charge in [0.1, 0.15) is 6.33 Å². The molecule has 3 N–H and O–H groups in total. The van der Waals surface area contributed by atoms with Gasteiger partial charge in [-0.15, -0.1) is 22.6 Å². The summed E-state index contributed by atoms with van der Waals surface area (Å²) < 4.78 is 1.82. The number of halogens is 2. The number of nitrogens with zero attached hydrogens (tertiary/aromatic N) is 3. The van der Waals surface area contributed by atoms with Gasteiger partial charge in [0, 0.05) is 17.6 Å². The van der Waals surface area contributed by atoms with Crippen molar-refractivity contribution in [2.45, 2.75) is 47.7 Å². The maximum Gasteiger partial charge on any atom is 0.244 e. The van der Waals surface area contributed by atoms with E-state index < -0.39 is 5.54 Å². The number of aryl methyl sites for hydroxylation is 1. The van der Waals surface area contributed by atoms with Gasteiger partial charge >= 0.3 is 0 Å². The Labute approximate surface area is 162 Å². The molecule has 6 nitrogen and oxygen atoms in total. The SMILES string of the molecule is Cl.Cn1cnnc1Sc1ccc(NC(=O)C2(N)CCCCC2)cc1Cl. The van der Waals surface area contributed by atoms with Gasteiger partial charge in [0.2, 0.25) is 5.91 Å². The number of nitrogens with one attached hydrogen (secondary N) is 1. The highest BCUT2D eigenvalue weighted by Gasteiger charge is 2.35. The Balaban J connectivity index is 0.00000225. The number of carbonyl (C=O) groups is 1. The van der Waals surface area contributed by atoms with Gasteiger partial charge in [-0.25, -0.2) is 0 Å². The first-order valence-corrected chi connectivity index (χ1v) is 9.09. The normalized spacial score (nSPS) is 16.1. The number of carbonyl (C=O) groups excluding carboxylic acids is 1. The number of amides is 1. The fourth-order valence-corrected chi connectivity index (χ4v) is 3.85. The maximum atomic E-state index is 12.5. The Morgan fingerprint density at radius 3 is 2.68 bits per heavy atom. The highest BCUT2D eigenvalue weighted by atomic mass is 35.5. The fraction of sp³-hybridized carbons (Fsp3) is 0.438. The van der Waals surface area contributed by atoms with Crippen LogP contribution in [0.2, 0.25) is 5.02 Å². The van der Waals surface area contributed by atoms with Crippen molar-refractivity contribution >= 4 is 47.4 Å². The van der Waals surface area contributed by atoms with Crippen LogP contribution in [0.1, 0.15) is 32.1 Å². The van der Waals surface area contributed by atoms with Crippen LogP contribution in [0.4, 0.5) is 5.69 Å². The number of anilines is 1. The molecule has 1 aliphatic carbocycles. The predicted molar refractivity (Wildman–Crippen MR) is 102 cm³/mol. The second-order valence-corrected chi connectivity index (χ2v) is 7.56. The van der Waals surface area contributed by atoms with Crippen molar-refractivity contribution in [1.29, 1.82) is 0 Å². The van der Waals surface area contributed by atoms with Gasteiger partial charge in [-0.1, -0.05) is 30.9 Å². The van der Waals surface area contributed by atoms with Crippen molar-refractivity contribution in [1.82, 2.24) is 14.8 Å². The number of aromatic nitrogens is 3. The van der Waals surface area contributed by atoms with E-state index in [4.69, 9.17) is 17.3 Å². The van der Waals surface area contributed by atoms with Gasteiger partial charge in [-0.2, -0.15) is 0 Å². The third-order valence-electron chi connectivity index (χ3n) is 4.26. The summed E-state index contributed by atoms with van der Waals surface area (Å²) in [6, 6.07) is 5.43. The van der Waals surface area contributed by atoms with E-state index in [0.29, 0.717) is 10.7 Å². The van der Waals surface area contributed by atoms with Crippen LogP contribution in [0.25, 0.3) is 0 Å². The lowest BCUT2D eigenvalue weighted by Gasteiger charge is -2.31. The molecule has 1 heterocycles. The zero-order valence-electron chi connectivity index (χ0n) is 13.9. The van der Waals surface area contributed by atoms with Gasteiger partial charge in [0.15, 0.2) is 5.16 Å². The molecule has 1 aromatic heterocycles. The lowest BCUT2D eigenvalue weighted by molar-refractivity contribution is -0.122. The first-order chi connectivity index (χ1) is 11.5. The predicted octanol–water partition coefficient (Wildman–Crippen LogP) is 3.64. The van der Waals surface area contributed by atoms with Crippen molar-refractivity contribution in [3.8, 4) is 0 Å². The average molecular weight is 402 g/mol. The number of nitrogens with two attached hydrogens (primary N) is 1. The molecule has 0 spiro atoms. The van der Waals surface area contributed by atoms with Crippen molar-refractivity contribution in [3.63, 3.8) is 0 Å². The summed E-state index contributed by atoms with van der Waals surface area (Å²) in [5.74, 6) is -0.132. The zero-order valence-corrected chi connectivity index (χ0v) is 16.3. The number of hydrogen-bond donors (Lipinski definition) is 2. The van der Waals surface area contributed by atoms with Crippen LogP contribution >= 0.6 is 35.8 Å². The molecule has 25 heavy (non-hydrogen) atoms. The second-order valence-electron chi connectivity index (χ2n) is 6.14. The lowest BCUT2D eigenvalue weighted by atomic mass is 9.82. The molecular formula is C16H21Cl2N5OS. The highest BCUT2D eigenvalue weighted by Crippen LogP contribution is 2.34. The Morgan fingerprint density at radius 1 is 1.36 bits per heavy atom. The summed E-state index contributed by atoms with van der Waals surface area (Å²) in [5, 5.41) is 12.1. The Morgan fingerprint density at radius 2 is 2.08 bits per heavy atom. The Hall–Kier alpha value is -1.28. The van der Waals surface area contributed by atoms with Crippen LogP contribution in [-0.2, 0) is 11.8 Å². The molecule has 136 valence electrons.